The van der Waals surface area contributed by atoms with Gasteiger partial charge in [-0.1, -0.05) is 30.3 Å². The summed E-state index contributed by atoms with van der Waals surface area (Å²) in [5.74, 6) is 0.918. The Kier molecular flexibility index (Phi) is 5.25. The average molecular weight is 384 g/mol. The Morgan fingerprint density at radius 1 is 1.07 bits per heavy atom. The zero-order chi connectivity index (χ0) is 19.6. The molecule has 0 aliphatic carbocycles. The third-order valence-electron chi connectivity index (χ3n) is 4.25. The molecule has 0 saturated carbocycles. The predicted octanol–water partition coefficient (Wildman–Crippen LogP) is 3.67. The molecule has 140 valence electrons. The van der Waals surface area contributed by atoms with Crippen LogP contribution in [0, 0.1) is 6.92 Å². The lowest BCUT2D eigenvalue weighted by Crippen LogP contribution is -2.27. The Morgan fingerprint density at radius 3 is 2.30 bits per heavy atom. The highest BCUT2D eigenvalue weighted by Gasteiger charge is 2.23. The van der Waals surface area contributed by atoms with Gasteiger partial charge >= 0.3 is 0 Å². The topological polar surface area (TPSA) is 80.5 Å². The average Bonchev–Trinajstić information content (AvgIpc) is 3.03. The maximum Gasteiger partial charge on any atom is 0.243 e. The van der Waals surface area contributed by atoms with Gasteiger partial charge in [0.1, 0.15) is 5.76 Å². The molecule has 27 heavy (non-hydrogen) atoms. The Labute approximate surface area is 158 Å². The Balaban J connectivity index is 1.83. The fraction of sp³-hybridized carbons (Fsp3) is 0.200. The SMILES string of the molecule is CC(=O)c1ccc(S(=O)(=O)N(C)Cc2nc(-c3ccccc3)oc2C)cc1. The number of nitrogens with zero attached hydrogens (tertiary/aromatic N) is 2. The van der Waals surface area contributed by atoms with Crippen molar-refractivity contribution in [1.29, 1.82) is 0 Å². The second-order valence-corrected chi connectivity index (χ2v) is 8.27. The molecule has 1 aromatic heterocycles. The number of oxazole rings is 1. The molecule has 0 aliphatic rings. The lowest BCUT2D eigenvalue weighted by molar-refractivity contribution is 0.101. The highest BCUT2D eigenvalue weighted by molar-refractivity contribution is 7.89. The molecule has 0 amide bonds. The van der Waals surface area contributed by atoms with E-state index in [1.165, 1.54) is 42.5 Å². The van der Waals surface area contributed by atoms with E-state index in [9.17, 15) is 13.2 Å². The molecule has 7 heteroatoms. The Bertz CT molecular complexity index is 1060. The summed E-state index contributed by atoms with van der Waals surface area (Å²) in [7, 11) is -2.22. The largest absolute Gasteiger partial charge is 0.441 e. The van der Waals surface area contributed by atoms with Gasteiger partial charge in [0.05, 0.1) is 17.1 Å². The molecule has 0 fully saturated rings. The number of carbonyl (C=O) groups is 1. The Morgan fingerprint density at radius 2 is 1.70 bits per heavy atom. The first-order chi connectivity index (χ1) is 12.8. The van der Waals surface area contributed by atoms with Crippen LogP contribution < -0.4 is 0 Å². The first-order valence-corrected chi connectivity index (χ1v) is 9.82. The van der Waals surface area contributed by atoms with Crippen molar-refractivity contribution >= 4 is 15.8 Å². The smallest absolute Gasteiger partial charge is 0.243 e. The van der Waals surface area contributed by atoms with Crippen molar-refractivity contribution in [2.45, 2.75) is 25.3 Å². The highest BCUT2D eigenvalue weighted by atomic mass is 32.2. The summed E-state index contributed by atoms with van der Waals surface area (Å²) in [5.41, 5.74) is 1.86. The lowest BCUT2D eigenvalue weighted by Gasteiger charge is -2.16. The number of hydrogen-bond acceptors (Lipinski definition) is 5. The monoisotopic (exact) mass is 384 g/mol. The minimum absolute atomic E-state index is 0.0823. The van der Waals surface area contributed by atoms with Crippen LogP contribution in [0.5, 0.6) is 0 Å². The number of aryl methyl sites for hydroxylation is 1. The molecule has 0 spiro atoms. The number of ketones is 1. The maximum absolute atomic E-state index is 12.8. The van der Waals surface area contributed by atoms with Crippen LogP contribution in [0.2, 0.25) is 0 Å². The number of benzene rings is 2. The van der Waals surface area contributed by atoms with Gasteiger partial charge in [-0.3, -0.25) is 4.79 Å². The summed E-state index contributed by atoms with van der Waals surface area (Å²) < 4.78 is 32.5. The van der Waals surface area contributed by atoms with Crippen molar-refractivity contribution in [3.63, 3.8) is 0 Å². The summed E-state index contributed by atoms with van der Waals surface area (Å²) in [5, 5.41) is 0. The molecule has 0 aliphatic heterocycles. The van der Waals surface area contributed by atoms with E-state index in [-0.39, 0.29) is 17.2 Å². The second kappa shape index (κ2) is 7.46. The van der Waals surface area contributed by atoms with Crippen LogP contribution in [-0.4, -0.2) is 30.5 Å². The minimum Gasteiger partial charge on any atom is -0.441 e. The summed E-state index contributed by atoms with van der Waals surface area (Å²) >= 11 is 0. The van der Waals surface area contributed by atoms with Crippen LogP contribution in [0.4, 0.5) is 0 Å². The number of sulfonamides is 1. The van der Waals surface area contributed by atoms with Crippen molar-refractivity contribution < 1.29 is 17.6 Å². The highest BCUT2D eigenvalue weighted by Crippen LogP contribution is 2.24. The predicted molar refractivity (Wildman–Crippen MR) is 102 cm³/mol. The van der Waals surface area contributed by atoms with Crippen LogP contribution in [0.15, 0.2) is 63.9 Å². The van der Waals surface area contributed by atoms with E-state index in [1.54, 1.807) is 6.92 Å². The molecule has 3 rings (SSSR count). The summed E-state index contributed by atoms with van der Waals surface area (Å²) in [6.07, 6.45) is 0. The molecule has 0 atom stereocenters. The van der Waals surface area contributed by atoms with Crippen molar-refractivity contribution in [3.05, 3.63) is 71.6 Å². The zero-order valence-corrected chi connectivity index (χ0v) is 16.2. The molecule has 0 unspecified atom stereocenters. The molecule has 0 saturated heterocycles. The molecular weight excluding hydrogens is 364 g/mol. The maximum atomic E-state index is 12.8. The second-order valence-electron chi connectivity index (χ2n) is 6.23. The van der Waals surface area contributed by atoms with Gasteiger partial charge in [0.2, 0.25) is 15.9 Å². The number of hydrogen-bond donors (Lipinski definition) is 0. The summed E-state index contributed by atoms with van der Waals surface area (Å²) in [4.78, 5) is 15.9. The third-order valence-corrected chi connectivity index (χ3v) is 6.07. The van der Waals surface area contributed by atoms with Crippen molar-refractivity contribution in [1.82, 2.24) is 9.29 Å². The quantitative estimate of drug-likeness (QED) is 0.606. The van der Waals surface area contributed by atoms with Crippen molar-refractivity contribution in [2.24, 2.45) is 0 Å². The molecule has 1 heterocycles. The molecule has 0 N–H and O–H groups in total. The van der Waals surface area contributed by atoms with Gasteiger partial charge in [-0.25, -0.2) is 13.4 Å². The molecule has 3 aromatic rings. The van der Waals surface area contributed by atoms with E-state index in [0.29, 0.717) is 22.9 Å². The van der Waals surface area contributed by atoms with Crippen LogP contribution in [0.3, 0.4) is 0 Å². The van der Waals surface area contributed by atoms with Crippen molar-refractivity contribution in [2.75, 3.05) is 7.05 Å². The van der Waals surface area contributed by atoms with Crippen LogP contribution >= 0.6 is 0 Å². The van der Waals surface area contributed by atoms with Gasteiger partial charge in [-0.15, -0.1) is 0 Å². The van der Waals surface area contributed by atoms with E-state index >= 15 is 0 Å². The lowest BCUT2D eigenvalue weighted by atomic mass is 10.2. The standard InChI is InChI=1S/C20H20N2O4S/c1-14(23)16-9-11-18(12-10-16)27(24,25)22(3)13-19-15(2)26-20(21-19)17-7-5-4-6-8-17/h4-12H,13H2,1-3H3. The van der Waals surface area contributed by atoms with Gasteiger partial charge in [0.25, 0.3) is 0 Å². The normalized spacial score (nSPS) is 11.7. The zero-order valence-electron chi connectivity index (χ0n) is 15.3. The number of aromatic nitrogens is 1. The molecule has 0 radical (unpaired) electrons. The van der Waals surface area contributed by atoms with E-state index < -0.39 is 10.0 Å². The molecular formula is C20H20N2O4S. The summed E-state index contributed by atoms with van der Waals surface area (Å²) in [6.45, 7) is 3.28. The molecule has 6 nitrogen and oxygen atoms in total. The van der Waals surface area contributed by atoms with Gasteiger partial charge < -0.3 is 4.42 Å². The minimum atomic E-state index is -3.71. The van der Waals surface area contributed by atoms with Gasteiger partial charge in [0, 0.05) is 18.2 Å². The Hall–Kier alpha value is -2.77. The van der Waals surface area contributed by atoms with Gasteiger partial charge in [-0.05, 0) is 38.1 Å². The van der Waals surface area contributed by atoms with E-state index in [2.05, 4.69) is 4.98 Å². The van der Waals surface area contributed by atoms with Crippen LogP contribution in [0.1, 0.15) is 28.7 Å². The fourth-order valence-corrected chi connectivity index (χ4v) is 3.75. The number of rotatable bonds is 6. The molecule has 2 aromatic carbocycles. The number of Topliss-reactive ketones (excluding diaryl/α,β-unsaturated/α-hetero) is 1. The first-order valence-electron chi connectivity index (χ1n) is 8.38. The van der Waals surface area contributed by atoms with E-state index in [1.807, 2.05) is 30.3 Å². The van der Waals surface area contributed by atoms with Gasteiger partial charge in [0.15, 0.2) is 5.78 Å². The summed E-state index contributed by atoms with van der Waals surface area (Å²) in [6, 6.07) is 15.3. The molecule has 0 bridgehead atoms. The third kappa shape index (κ3) is 3.99. The van der Waals surface area contributed by atoms with E-state index in [4.69, 9.17) is 4.42 Å². The fourth-order valence-electron chi connectivity index (χ4n) is 2.62. The first kappa shape index (κ1) is 19.0. The number of carbonyl (C=O) groups excluding carboxylic acids is 1. The van der Waals surface area contributed by atoms with Crippen molar-refractivity contribution in [3.8, 4) is 11.5 Å². The van der Waals surface area contributed by atoms with Crippen LogP contribution in [0.25, 0.3) is 11.5 Å². The van der Waals surface area contributed by atoms with Gasteiger partial charge in [-0.2, -0.15) is 4.31 Å². The van der Waals surface area contributed by atoms with Crippen LogP contribution in [-0.2, 0) is 16.6 Å². The van der Waals surface area contributed by atoms with E-state index in [0.717, 1.165) is 5.56 Å².